The zero-order valence-corrected chi connectivity index (χ0v) is 19.3. The molecule has 4 atom stereocenters. The molecular formula is C21H35NO3SSi. The topological polar surface area (TPSA) is 58.6 Å². The standard InChI is InChI=1S/C21H35NO3SSi/c1-15(25-27(5,6)21(2,3)4)18-19(22-20(18)24)16(14-23)12-13-26-17-10-8-7-9-11-17/h7-11,15-16,18-19,23H,12-14H2,1-6H3,(H,22,24)/t15-,16+,18-,19-/m1/s1. The number of aliphatic hydroxyl groups excluding tert-OH is 1. The van der Waals surface area contributed by atoms with Crippen LogP contribution in [-0.4, -0.2) is 43.8 Å². The fourth-order valence-electron chi connectivity index (χ4n) is 3.28. The Morgan fingerprint density at radius 2 is 1.89 bits per heavy atom. The van der Waals surface area contributed by atoms with Gasteiger partial charge in [0, 0.05) is 23.5 Å². The van der Waals surface area contributed by atoms with Crippen LogP contribution >= 0.6 is 11.8 Å². The van der Waals surface area contributed by atoms with Crippen molar-refractivity contribution in [3.05, 3.63) is 30.3 Å². The number of rotatable bonds is 9. The summed E-state index contributed by atoms with van der Waals surface area (Å²) in [5.41, 5.74) is 0. The van der Waals surface area contributed by atoms with Crippen LogP contribution in [0.15, 0.2) is 35.2 Å². The summed E-state index contributed by atoms with van der Waals surface area (Å²) in [6, 6.07) is 10.3. The second-order valence-corrected chi connectivity index (χ2v) is 15.0. The van der Waals surface area contributed by atoms with Crippen LogP contribution in [0.4, 0.5) is 0 Å². The molecule has 152 valence electrons. The van der Waals surface area contributed by atoms with Crippen molar-refractivity contribution in [1.29, 1.82) is 0 Å². The summed E-state index contributed by atoms with van der Waals surface area (Å²) in [6.07, 6.45) is 0.741. The summed E-state index contributed by atoms with van der Waals surface area (Å²) in [7, 11) is -1.93. The lowest BCUT2D eigenvalue weighted by molar-refractivity contribution is -0.143. The van der Waals surface area contributed by atoms with Crippen molar-refractivity contribution in [2.24, 2.45) is 11.8 Å². The molecule has 2 N–H and O–H groups in total. The quantitative estimate of drug-likeness (QED) is 0.363. The summed E-state index contributed by atoms with van der Waals surface area (Å²) in [5.74, 6) is 0.874. The first-order chi connectivity index (χ1) is 12.6. The zero-order chi connectivity index (χ0) is 20.2. The van der Waals surface area contributed by atoms with E-state index in [1.165, 1.54) is 4.90 Å². The average molecular weight is 410 g/mol. The van der Waals surface area contributed by atoms with Crippen LogP contribution in [0.25, 0.3) is 0 Å². The molecule has 27 heavy (non-hydrogen) atoms. The van der Waals surface area contributed by atoms with E-state index in [1.54, 1.807) is 11.8 Å². The lowest BCUT2D eigenvalue weighted by Crippen LogP contribution is -2.66. The molecule has 1 amide bonds. The largest absolute Gasteiger partial charge is 0.413 e. The van der Waals surface area contributed by atoms with Crippen molar-refractivity contribution in [1.82, 2.24) is 5.32 Å². The van der Waals surface area contributed by atoms with E-state index in [1.807, 2.05) is 25.1 Å². The molecule has 4 nitrogen and oxygen atoms in total. The molecule has 0 spiro atoms. The van der Waals surface area contributed by atoms with Gasteiger partial charge in [0.1, 0.15) is 0 Å². The maximum Gasteiger partial charge on any atom is 0.228 e. The average Bonchev–Trinajstić information content (AvgIpc) is 2.56. The number of nitrogens with one attached hydrogen (secondary N) is 1. The molecule has 1 aliphatic rings. The highest BCUT2D eigenvalue weighted by atomic mass is 32.2. The van der Waals surface area contributed by atoms with Crippen LogP contribution in [0.1, 0.15) is 34.1 Å². The Kier molecular flexibility index (Phi) is 7.59. The Labute approximate surface area is 169 Å². The number of hydrogen-bond donors (Lipinski definition) is 2. The predicted octanol–water partition coefficient (Wildman–Crippen LogP) is 4.30. The second kappa shape index (κ2) is 9.12. The maximum atomic E-state index is 12.3. The van der Waals surface area contributed by atoms with Gasteiger partial charge >= 0.3 is 0 Å². The number of hydrogen-bond acceptors (Lipinski definition) is 4. The van der Waals surface area contributed by atoms with Crippen LogP contribution in [-0.2, 0) is 9.22 Å². The highest BCUT2D eigenvalue weighted by Gasteiger charge is 2.49. The van der Waals surface area contributed by atoms with Gasteiger partial charge in [-0.1, -0.05) is 39.0 Å². The van der Waals surface area contributed by atoms with Crippen molar-refractivity contribution in [2.45, 2.75) is 69.3 Å². The third-order valence-corrected chi connectivity index (χ3v) is 11.7. The van der Waals surface area contributed by atoms with Crippen molar-refractivity contribution in [2.75, 3.05) is 12.4 Å². The van der Waals surface area contributed by atoms with E-state index in [0.717, 1.165) is 12.2 Å². The lowest BCUT2D eigenvalue weighted by atomic mass is 9.77. The van der Waals surface area contributed by atoms with Crippen molar-refractivity contribution < 1.29 is 14.3 Å². The SMILES string of the molecule is C[C@@H](O[Si](C)(C)C(C)(C)C)[C@H]1C(=O)N[C@@H]1[C@H](CO)CCSc1ccccc1. The Morgan fingerprint density at radius 3 is 2.41 bits per heavy atom. The first kappa shape index (κ1) is 22.5. The Bertz CT molecular complexity index is 618. The molecule has 0 bridgehead atoms. The maximum absolute atomic E-state index is 12.3. The van der Waals surface area contributed by atoms with E-state index in [9.17, 15) is 9.90 Å². The van der Waals surface area contributed by atoms with Gasteiger partial charge in [-0.2, -0.15) is 0 Å². The fourth-order valence-corrected chi connectivity index (χ4v) is 5.71. The Hall–Kier alpha value is -0.823. The van der Waals surface area contributed by atoms with E-state index in [-0.39, 0.29) is 41.5 Å². The van der Waals surface area contributed by atoms with Crippen LogP contribution in [0.2, 0.25) is 18.1 Å². The molecule has 1 heterocycles. The van der Waals surface area contributed by atoms with Crippen molar-refractivity contribution in [3.63, 3.8) is 0 Å². The molecule has 1 aromatic carbocycles. The summed E-state index contributed by atoms with van der Waals surface area (Å²) in [5, 5.41) is 13.0. The molecule has 0 radical (unpaired) electrons. The molecule has 1 aliphatic heterocycles. The number of benzene rings is 1. The number of aliphatic hydroxyl groups is 1. The van der Waals surface area contributed by atoms with Crippen LogP contribution in [0.5, 0.6) is 0 Å². The van der Waals surface area contributed by atoms with Gasteiger partial charge in [0.2, 0.25) is 5.91 Å². The van der Waals surface area contributed by atoms with Gasteiger partial charge in [0.05, 0.1) is 12.0 Å². The Balaban J connectivity index is 1.94. The predicted molar refractivity (Wildman–Crippen MR) is 116 cm³/mol. The van der Waals surface area contributed by atoms with E-state index < -0.39 is 8.32 Å². The van der Waals surface area contributed by atoms with Gasteiger partial charge in [-0.3, -0.25) is 4.79 Å². The molecule has 2 rings (SSSR count). The van der Waals surface area contributed by atoms with Gasteiger partial charge in [0.15, 0.2) is 8.32 Å². The van der Waals surface area contributed by atoms with E-state index >= 15 is 0 Å². The van der Waals surface area contributed by atoms with Crippen LogP contribution < -0.4 is 5.32 Å². The third kappa shape index (κ3) is 5.59. The minimum Gasteiger partial charge on any atom is -0.413 e. The summed E-state index contributed by atoms with van der Waals surface area (Å²) in [6.45, 7) is 13.2. The molecule has 0 aromatic heterocycles. The number of thioether (sulfide) groups is 1. The molecule has 0 aliphatic carbocycles. The minimum absolute atomic E-state index is 0.00126. The number of β-lactam (4-membered cyclic amide) rings is 1. The molecule has 0 saturated carbocycles. The third-order valence-electron chi connectivity index (χ3n) is 6.03. The molecule has 1 saturated heterocycles. The van der Waals surface area contributed by atoms with E-state index in [2.05, 4.69) is 51.3 Å². The minimum atomic E-state index is -1.93. The zero-order valence-electron chi connectivity index (χ0n) is 17.5. The monoisotopic (exact) mass is 409 g/mol. The first-order valence-corrected chi connectivity index (χ1v) is 13.7. The Morgan fingerprint density at radius 1 is 1.26 bits per heavy atom. The molecule has 0 unspecified atom stereocenters. The highest BCUT2D eigenvalue weighted by molar-refractivity contribution is 7.99. The summed E-state index contributed by atoms with van der Waals surface area (Å²) < 4.78 is 6.47. The highest BCUT2D eigenvalue weighted by Crippen LogP contribution is 2.40. The van der Waals surface area contributed by atoms with E-state index in [4.69, 9.17) is 4.43 Å². The molecule has 1 fully saturated rings. The number of carbonyl (C=O) groups is 1. The van der Waals surface area contributed by atoms with Gasteiger partial charge in [-0.15, -0.1) is 11.8 Å². The van der Waals surface area contributed by atoms with Gasteiger partial charge in [-0.25, -0.2) is 0 Å². The number of carbonyl (C=O) groups excluding carboxylic acids is 1. The van der Waals surface area contributed by atoms with Gasteiger partial charge < -0.3 is 14.8 Å². The lowest BCUT2D eigenvalue weighted by Gasteiger charge is -2.47. The van der Waals surface area contributed by atoms with Gasteiger partial charge in [-0.05, 0) is 49.4 Å². The second-order valence-electron chi connectivity index (χ2n) is 9.04. The normalized spacial score (nSPS) is 22.7. The number of amides is 1. The summed E-state index contributed by atoms with van der Waals surface area (Å²) in [4.78, 5) is 13.5. The molecule has 6 heteroatoms. The van der Waals surface area contributed by atoms with Gasteiger partial charge in [0.25, 0.3) is 0 Å². The van der Waals surface area contributed by atoms with Crippen LogP contribution in [0.3, 0.4) is 0 Å². The van der Waals surface area contributed by atoms with Crippen molar-refractivity contribution in [3.8, 4) is 0 Å². The first-order valence-electron chi connectivity index (χ1n) is 9.83. The summed E-state index contributed by atoms with van der Waals surface area (Å²) >= 11 is 1.79. The smallest absolute Gasteiger partial charge is 0.228 e. The molecular weight excluding hydrogens is 374 g/mol. The fraction of sp³-hybridized carbons (Fsp3) is 0.667. The molecule has 1 aromatic rings. The van der Waals surface area contributed by atoms with Crippen LogP contribution in [0, 0.1) is 11.8 Å². The van der Waals surface area contributed by atoms with Crippen molar-refractivity contribution >= 4 is 26.0 Å². The van der Waals surface area contributed by atoms with E-state index in [0.29, 0.717) is 0 Å².